The van der Waals surface area contributed by atoms with Crippen LogP contribution >= 0.6 is 28.3 Å². The molecule has 1 unspecified atom stereocenters. The topological polar surface area (TPSA) is 29.1 Å². The second-order valence-electron chi connectivity index (χ2n) is 3.16. The van der Waals surface area contributed by atoms with Crippen LogP contribution in [-0.4, -0.2) is 12.3 Å². The van der Waals surface area contributed by atoms with Gasteiger partial charge in [-0.25, -0.2) is 0 Å². The van der Waals surface area contributed by atoms with Crippen molar-refractivity contribution in [2.45, 2.75) is 12.5 Å². The molecule has 14 heavy (non-hydrogen) atoms. The number of benzene rings is 1. The maximum absolute atomic E-state index is 11.4. The van der Waals surface area contributed by atoms with Gasteiger partial charge in [0.15, 0.2) is 5.78 Å². The normalized spacial score (nSPS) is 20.6. The molecule has 76 valence electrons. The molecule has 1 aromatic rings. The zero-order chi connectivity index (χ0) is 9.26. The van der Waals surface area contributed by atoms with Gasteiger partial charge in [-0.15, -0.1) is 12.4 Å². The zero-order valence-electron chi connectivity index (χ0n) is 7.50. The van der Waals surface area contributed by atoms with E-state index >= 15 is 0 Å². The molecule has 0 bridgehead atoms. The third-order valence-corrected chi connectivity index (χ3v) is 2.72. The number of ketones is 1. The molecule has 0 aromatic heterocycles. The number of hydrogen-bond donors (Lipinski definition) is 1. The molecule has 1 N–H and O–H groups in total. The van der Waals surface area contributed by atoms with E-state index in [1.807, 2.05) is 24.3 Å². The van der Waals surface area contributed by atoms with Gasteiger partial charge in [-0.05, 0) is 17.7 Å². The van der Waals surface area contributed by atoms with Crippen LogP contribution < -0.4 is 5.32 Å². The van der Waals surface area contributed by atoms with Gasteiger partial charge in [0.2, 0.25) is 0 Å². The third-order valence-electron chi connectivity index (χ3n) is 2.22. The number of hydrogen-bond acceptors (Lipinski definition) is 2. The van der Waals surface area contributed by atoms with Crippen LogP contribution in [0, 0.1) is 0 Å². The number of nitrogens with one attached hydrogen (secondary N) is 1. The van der Waals surface area contributed by atoms with Crippen LogP contribution in [0.3, 0.4) is 0 Å². The van der Waals surface area contributed by atoms with Gasteiger partial charge >= 0.3 is 0 Å². The van der Waals surface area contributed by atoms with Gasteiger partial charge in [0.25, 0.3) is 0 Å². The quantitative estimate of drug-likeness (QED) is 0.854. The molecular formula is C10H11BrClNO. The van der Waals surface area contributed by atoms with Gasteiger partial charge in [0.1, 0.15) is 0 Å². The first kappa shape index (κ1) is 11.7. The first-order valence-corrected chi connectivity index (χ1v) is 5.08. The maximum atomic E-state index is 11.4. The van der Waals surface area contributed by atoms with E-state index in [-0.39, 0.29) is 24.2 Å². The number of rotatable bonds is 1. The van der Waals surface area contributed by atoms with Gasteiger partial charge in [-0.2, -0.15) is 0 Å². The number of carbonyl (C=O) groups excluding carboxylic acids is 1. The minimum absolute atomic E-state index is 0. The van der Waals surface area contributed by atoms with E-state index in [4.69, 9.17) is 0 Å². The summed E-state index contributed by atoms with van der Waals surface area (Å²) in [6, 6.07) is 7.79. The Labute approximate surface area is 97.6 Å². The van der Waals surface area contributed by atoms with Crippen LogP contribution in [-0.2, 0) is 4.79 Å². The second kappa shape index (κ2) is 4.91. The number of carbonyl (C=O) groups is 1. The Morgan fingerprint density at radius 1 is 1.43 bits per heavy atom. The highest BCUT2D eigenvalue weighted by molar-refractivity contribution is 9.10. The van der Waals surface area contributed by atoms with Crippen LogP contribution in [0.2, 0.25) is 0 Å². The molecular weight excluding hydrogens is 265 g/mol. The molecule has 0 saturated carbocycles. The third kappa shape index (κ3) is 2.35. The van der Waals surface area contributed by atoms with Crippen LogP contribution in [0.1, 0.15) is 18.0 Å². The Morgan fingerprint density at radius 3 is 2.79 bits per heavy atom. The lowest BCUT2D eigenvalue weighted by atomic mass is 10.0. The SMILES string of the molecule is Cl.O=C1CCNC1c1cccc(Br)c1. The van der Waals surface area contributed by atoms with Crippen molar-refractivity contribution in [2.75, 3.05) is 6.54 Å². The fraction of sp³-hybridized carbons (Fsp3) is 0.300. The summed E-state index contributed by atoms with van der Waals surface area (Å²) in [5.41, 5.74) is 1.05. The Kier molecular flexibility index (Phi) is 4.11. The smallest absolute Gasteiger partial charge is 0.155 e. The predicted octanol–water partition coefficient (Wildman–Crippen LogP) is 2.47. The summed E-state index contributed by atoms with van der Waals surface area (Å²) >= 11 is 3.39. The minimum atomic E-state index is -0.0856. The molecule has 0 aliphatic carbocycles. The van der Waals surface area contributed by atoms with E-state index in [9.17, 15) is 4.79 Å². The predicted molar refractivity (Wildman–Crippen MR) is 61.8 cm³/mol. The van der Waals surface area contributed by atoms with Crippen molar-refractivity contribution < 1.29 is 4.79 Å². The van der Waals surface area contributed by atoms with E-state index in [2.05, 4.69) is 21.2 Å². The average Bonchev–Trinajstić information content (AvgIpc) is 2.51. The number of halogens is 2. The molecule has 1 aliphatic rings. The zero-order valence-corrected chi connectivity index (χ0v) is 9.90. The van der Waals surface area contributed by atoms with Crippen LogP contribution in [0.4, 0.5) is 0 Å². The van der Waals surface area contributed by atoms with Crippen LogP contribution in [0.5, 0.6) is 0 Å². The first-order chi connectivity index (χ1) is 6.27. The van der Waals surface area contributed by atoms with Crippen molar-refractivity contribution >= 4 is 34.1 Å². The molecule has 1 aliphatic heterocycles. The molecule has 1 heterocycles. The molecule has 2 rings (SSSR count). The monoisotopic (exact) mass is 275 g/mol. The lowest BCUT2D eigenvalue weighted by molar-refractivity contribution is -0.118. The summed E-state index contributed by atoms with van der Waals surface area (Å²) in [6.07, 6.45) is 0.650. The summed E-state index contributed by atoms with van der Waals surface area (Å²) in [7, 11) is 0. The Balaban J connectivity index is 0.000000980. The fourth-order valence-electron chi connectivity index (χ4n) is 1.59. The summed E-state index contributed by atoms with van der Waals surface area (Å²) in [5.74, 6) is 0.290. The molecule has 0 amide bonds. The van der Waals surface area contributed by atoms with Gasteiger partial charge in [-0.3, -0.25) is 4.79 Å². The second-order valence-corrected chi connectivity index (χ2v) is 4.07. The molecule has 0 radical (unpaired) electrons. The highest BCUT2D eigenvalue weighted by Crippen LogP contribution is 2.22. The Hall–Kier alpha value is -0.380. The standard InChI is InChI=1S/C10H10BrNO.ClH/c11-8-3-1-2-7(6-8)10-9(13)4-5-12-10;/h1-3,6,10,12H,4-5H2;1H. The van der Waals surface area contributed by atoms with Crippen LogP contribution in [0.15, 0.2) is 28.7 Å². The van der Waals surface area contributed by atoms with Crippen molar-refractivity contribution in [3.8, 4) is 0 Å². The number of Topliss-reactive ketones (excluding diaryl/α,β-unsaturated/α-hetero) is 1. The molecule has 2 nitrogen and oxygen atoms in total. The highest BCUT2D eigenvalue weighted by atomic mass is 79.9. The molecule has 1 fully saturated rings. The summed E-state index contributed by atoms with van der Waals surface area (Å²) in [5, 5.41) is 3.18. The molecule has 1 aromatic carbocycles. The van der Waals surface area contributed by atoms with E-state index in [1.54, 1.807) is 0 Å². The summed E-state index contributed by atoms with van der Waals surface area (Å²) in [6.45, 7) is 0.802. The largest absolute Gasteiger partial charge is 0.303 e. The average molecular weight is 277 g/mol. The van der Waals surface area contributed by atoms with Crippen molar-refractivity contribution in [3.05, 3.63) is 34.3 Å². The molecule has 0 spiro atoms. The fourth-order valence-corrected chi connectivity index (χ4v) is 2.00. The van der Waals surface area contributed by atoms with Crippen LogP contribution in [0.25, 0.3) is 0 Å². The Morgan fingerprint density at radius 2 is 2.21 bits per heavy atom. The van der Waals surface area contributed by atoms with Crippen molar-refractivity contribution in [1.29, 1.82) is 0 Å². The van der Waals surface area contributed by atoms with E-state index in [0.717, 1.165) is 16.6 Å². The summed E-state index contributed by atoms with van der Waals surface area (Å²) < 4.78 is 1.02. The van der Waals surface area contributed by atoms with Crippen molar-refractivity contribution in [3.63, 3.8) is 0 Å². The molecule has 4 heteroatoms. The van der Waals surface area contributed by atoms with Crippen molar-refractivity contribution in [1.82, 2.24) is 5.32 Å². The van der Waals surface area contributed by atoms with E-state index in [0.29, 0.717) is 6.42 Å². The maximum Gasteiger partial charge on any atom is 0.155 e. The lowest BCUT2D eigenvalue weighted by Gasteiger charge is -2.08. The van der Waals surface area contributed by atoms with Gasteiger partial charge < -0.3 is 5.32 Å². The first-order valence-electron chi connectivity index (χ1n) is 4.29. The molecule has 1 saturated heterocycles. The van der Waals surface area contributed by atoms with E-state index < -0.39 is 0 Å². The van der Waals surface area contributed by atoms with Gasteiger partial charge in [-0.1, -0.05) is 28.1 Å². The minimum Gasteiger partial charge on any atom is -0.303 e. The Bertz CT molecular complexity index is 343. The van der Waals surface area contributed by atoms with Gasteiger partial charge in [0, 0.05) is 17.4 Å². The van der Waals surface area contributed by atoms with E-state index in [1.165, 1.54) is 0 Å². The summed E-state index contributed by atoms with van der Waals surface area (Å²) in [4.78, 5) is 11.4. The van der Waals surface area contributed by atoms with Gasteiger partial charge in [0.05, 0.1) is 6.04 Å². The molecule has 1 atom stereocenters. The highest BCUT2D eigenvalue weighted by Gasteiger charge is 2.24. The lowest BCUT2D eigenvalue weighted by Crippen LogP contribution is -2.17. The van der Waals surface area contributed by atoms with Crippen molar-refractivity contribution in [2.24, 2.45) is 0 Å².